The third kappa shape index (κ3) is 4.61. The van der Waals surface area contributed by atoms with Gasteiger partial charge in [0.15, 0.2) is 0 Å². The van der Waals surface area contributed by atoms with Gasteiger partial charge in [0, 0.05) is 25.6 Å². The van der Waals surface area contributed by atoms with Gasteiger partial charge < -0.3 is 16.0 Å². The summed E-state index contributed by atoms with van der Waals surface area (Å²) in [7, 11) is 0. The molecular weight excluding hydrogens is 362 g/mol. The number of likely N-dealkylation sites (tertiary alicyclic amines) is 1. The predicted molar refractivity (Wildman–Crippen MR) is 108 cm³/mol. The van der Waals surface area contributed by atoms with Crippen LogP contribution in [0.3, 0.4) is 0 Å². The first-order valence-electron chi connectivity index (χ1n) is 10.7. The molecule has 4 bridgehead atoms. The summed E-state index contributed by atoms with van der Waals surface area (Å²) in [6.07, 6.45) is 10.5. The topological polar surface area (TPSA) is 75.4 Å². The lowest BCUT2D eigenvalue weighted by Crippen LogP contribution is -2.49. The Labute approximate surface area is 169 Å². The molecular formula is C21H36ClN3O2. The lowest BCUT2D eigenvalue weighted by Gasteiger charge is -2.56. The van der Waals surface area contributed by atoms with Crippen molar-refractivity contribution in [2.45, 2.75) is 70.8 Å². The van der Waals surface area contributed by atoms with Crippen LogP contribution >= 0.6 is 12.4 Å². The summed E-state index contributed by atoms with van der Waals surface area (Å²) in [4.78, 5) is 26.9. The SMILES string of the molecule is CC(N)C1CCN(C(=O)CNC(=O)CC23CC4CC(CC(C4)C2)C3)CC1.Cl. The van der Waals surface area contributed by atoms with Crippen LogP contribution in [0.15, 0.2) is 0 Å². The third-order valence-corrected chi connectivity index (χ3v) is 7.77. The van der Waals surface area contributed by atoms with Crippen molar-refractivity contribution in [3.8, 4) is 0 Å². The number of hydrogen-bond acceptors (Lipinski definition) is 3. The Hall–Kier alpha value is -0.810. The standard InChI is InChI=1S/C21H35N3O2.ClH/c1-14(22)18-2-4-24(5-3-18)20(26)13-23-19(25)12-21-9-15-6-16(10-21)8-17(7-15)11-21;/h14-18H,2-13,22H2,1H3,(H,23,25);1H. The number of nitrogens with zero attached hydrogens (tertiary/aromatic N) is 1. The molecule has 5 nitrogen and oxygen atoms in total. The van der Waals surface area contributed by atoms with Crippen molar-refractivity contribution in [1.82, 2.24) is 10.2 Å². The Morgan fingerprint density at radius 1 is 1.07 bits per heavy atom. The highest BCUT2D eigenvalue weighted by molar-refractivity contribution is 5.85. The van der Waals surface area contributed by atoms with Crippen LogP contribution in [0.4, 0.5) is 0 Å². The van der Waals surface area contributed by atoms with Crippen LogP contribution in [0.25, 0.3) is 0 Å². The predicted octanol–water partition coefficient (Wildman–Crippen LogP) is 2.72. The summed E-state index contributed by atoms with van der Waals surface area (Å²) in [6, 6.07) is 0.201. The molecule has 0 radical (unpaired) electrons. The number of nitrogens with one attached hydrogen (secondary N) is 1. The van der Waals surface area contributed by atoms with Crippen molar-refractivity contribution in [3.05, 3.63) is 0 Å². The molecule has 5 aliphatic rings. The Bertz CT molecular complexity index is 522. The van der Waals surface area contributed by atoms with Crippen molar-refractivity contribution in [2.24, 2.45) is 34.8 Å². The smallest absolute Gasteiger partial charge is 0.241 e. The van der Waals surface area contributed by atoms with Gasteiger partial charge in [-0.1, -0.05) is 0 Å². The van der Waals surface area contributed by atoms with Gasteiger partial charge in [-0.25, -0.2) is 0 Å². The number of piperidine rings is 1. The van der Waals surface area contributed by atoms with Gasteiger partial charge in [-0.05, 0) is 87.4 Å². The number of rotatable bonds is 5. The van der Waals surface area contributed by atoms with Gasteiger partial charge in [-0.2, -0.15) is 0 Å². The van der Waals surface area contributed by atoms with Crippen LogP contribution in [0.1, 0.15) is 64.7 Å². The summed E-state index contributed by atoms with van der Waals surface area (Å²) in [6.45, 7) is 3.76. The minimum Gasteiger partial charge on any atom is -0.347 e. The monoisotopic (exact) mass is 397 g/mol. The minimum atomic E-state index is 0. The second-order valence-electron chi connectivity index (χ2n) is 9.95. The molecule has 2 amide bonds. The zero-order valence-corrected chi connectivity index (χ0v) is 17.4. The summed E-state index contributed by atoms with van der Waals surface area (Å²) >= 11 is 0. The lowest BCUT2D eigenvalue weighted by atomic mass is 9.49. The zero-order valence-electron chi connectivity index (χ0n) is 16.6. The van der Waals surface area contributed by atoms with Crippen LogP contribution in [0.5, 0.6) is 0 Å². The van der Waals surface area contributed by atoms with Gasteiger partial charge in [-0.15, -0.1) is 12.4 Å². The maximum absolute atomic E-state index is 12.6. The van der Waals surface area contributed by atoms with E-state index in [4.69, 9.17) is 5.73 Å². The van der Waals surface area contributed by atoms with Gasteiger partial charge >= 0.3 is 0 Å². The third-order valence-electron chi connectivity index (χ3n) is 7.77. The van der Waals surface area contributed by atoms with E-state index in [2.05, 4.69) is 5.32 Å². The second kappa shape index (κ2) is 8.28. The largest absolute Gasteiger partial charge is 0.347 e. The van der Waals surface area contributed by atoms with Gasteiger partial charge in [0.05, 0.1) is 6.54 Å². The Kier molecular flexibility index (Phi) is 6.41. The van der Waals surface area contributed by atoms with E-state index in [-0.39, 0.29) is 42.2 Å². The fraction of sp³-hybridized carbons (Fsp3) is 0.905. The van der Waals surface area contributed by atoms with Crippen LogP contribution in [-0.2, 0) is 9.59 Å². The average Bonchev–Trinajstić information content (AvgIpc) is 2.58. The molecule has 0 aromatic carbocycles. The van der Waals surface area contributed by atoms with Crippen molar-refractivity contribution in [2.75, 3.05) is 19.6 Å². The molecule has 5 fully saturated rings. The molecule has 1 atom stereocenters. The van der Waals surface area contributed by atoms with Crippen molar-refractivity contribution < 1.29 is 9.59 Å². The highest BCUT2D eigenvalue weighted by atomic mass is 35.5. The van der Waals surface area contributed by atoms with Crippen molar-refractivity contribution >= 4 is 24.2 Å². The molecule has 154 valence electrons. The van der Waals surface area contributed by atoms with Crippen LogP contribution in [0.2, 0.25) is 0 Å². The average molecular weight is 398 g/mol. The van der Waals surface area contributed by atoms with E-state index in [0.29, 0.717) is 12.3 Å². The molecule has 0 aromatic rings. The maximum Gasteiger partial charge on any atom is 0.241 e. The van der Waals surface area contributed by atoms with E-state index < -0.39 is 0 Å². The van der Waals surface area contributed by atoms with Gasteiger partial charge in [-0.3, -0.25) is 9.59 Å². The molecule has 27 heavy (non-hydrogen) atoms. The van der Waals surface area contributed by atoms with Crippen molar-refractivity contribution in [1.29, 1.82) is 0 Å². The minimum absolute atomic E-state index is 0. The highest BCUT2D eigenvalue weighted by Crippen LogP contribution is 2.61. The number of carbonyl (C=O) groups is 2. The quantitative estimate of drug-likeness (QED) is 0.748. The van der Waals surface area contributed by atoms with E-state index >= 15 is 0 Å². The van der Waals surface area contributed by atoms with Crippen LogP contribution < -0.4 is 11.1 Å². The number of carbonyl (C=O) groups excluding carboxylic acids is 2. The highest BCUT2D eigenvalue weighted by Gasteiger charge is 2.51. The summed E-state index contributed by atoms with van der Waals surface area (Å²) in [5, 5.41) is 2.93. The Morgan fingerprint density at radius 2 is 1.59 bits per heavy atom. The number of amides is 2. The van der Waals surface area contributed by atoms with E-state index in [0.717, 1.165) is 43.7 Å². The molecule has 5 rings (SSSR count). The first kappa shape index (κ1) is 20.9. The summed E-state index contributed by atoms with van der Waals surface area (Å²) in [5.41, 5.74) is 6.22. The van der Waals surface area contributed by atoms with Gasteiger partial charge in [0.1, 0.15) is 0 Å². The Morgan fingerprint density at radius 3 is 2.07 bits per heavy atom. The number of halogens is 1. The first-order chi connectivity index (χ1) is 12.4. The molecule has 1 heterocycles. The van der Waals surface area contributed by atoms with E-state index in [1.54, 1.807) is 0 Å². The van der Waals surface area contributed by atoms with Crippen LogP contribution in [0, 0.1) is 29.1 Å². The van der Waals surface area contributed by atoms with Crippen LogP contribution in [-0.4, -0.2) is 42.4 Å². The Balaban J connectivity index is 0.00000210. The van der Waals surface area contributed by atoms with Crippen molar-refractivity contribution in [3.63, 3.8) is 0 Å². The normalized spacial score (nSPS) is 36.2. The van der Waals surface area contributed by atoms with E-state index in [1.165, 1.54) is 38.5 Å². The maximum atomic E-state index is 12.6. The second-order valence-corrected chi connectivity index (χ2v) is 9.95. The molecule has 4 saturated carbocycles. The lowest BCUT2D eigenvalue weighted by molar-refractivity contribution is -0.136. The molecule has 0 spiro atoms. The molecule has 1 saturated heterocycles. The number of hydrogen-bond donors (Lipinski definition) is 2. The van der Waals surface area contributed by atoms with Gasteiger partial charge in [0.2, 0.25) is 11.8 Å². The molecule has 4 aliphatic carbocycles. The fourth-order valence-corrected chi connectivity index (χ4v) is 6.87. The summed E-state index contributed by atoms with van der Waals surface area (Å²) < 4.78 is 0. The molecule has 1 unspecified atom stereocenters. The molecule has 0 aromatic heterocycles. The summed E-state index contributed by atoms with van der Waals surface area (Å²) in [5.74, 6) is 3.26. The van der Waals surface area contributed by atoms with Gasteiger partial charge in [0.25, 0.3) is 0 Å². The van der Waals surface area contributed by atoms with E-state index in [9.17, 15) is 9.59 Å². The number of nitrogens with two attached hydrogens (primary N) is 1. The first-order valence-corrected chi connectivity index (χ1v) is 10.7. The molecule has 6 heteroatoms. The van der Waals surface area contributed by atoms with E-state index in [1.807, 2.05) is 11.8 Å². The zero-order chi connectivity index (χ0) is 18.3. The fourth-order valence-electron chi connectivity index (χ4n) is 6.87. The molecule has 1 aliphatic heterocycles. The molecule has 3 N–H and O–H groups in total.